The lowest BCUT2D eigenvalue weighted by Crippen LogP contribution is -2.86. The largest absolute Gasteiger partial charge is 0.359 e. The molecule has 0 aromatic rings. The van der Waals surface area contributed by atoms with Crippen LogP contribution in [0.3, 0.4) is 0 Å². The first-order valence-electron chi connectivity index (χ1n) is 5.77. The van der Waals surface area contributed by atoms with Gasteiger partial charge in [0.25, 0.3) is 5.08 Å². The van der Waals surface area contributed by atoms with Gasteiger partial charge in [-0.1, -0.05) is 34.2 Å². The van der Waals surface area contributed by atoms with Crippen molar-refractivity contribution >= 4 is 0 Å². The van der Waals surface area contributed by atoms with E-state index in [1.807, 2.05) is 0 Å². The Kier molecular flexibility index (Phi) is 3.71. The maximum absolute atomic E-state index is 9.79. The van der Waals surface area contributed by atoms with E-state index in [0.717, 1.165) is 0 Å². The van der Waals surface area contributed by atoms with E-state index < -0.39 is 25.4 Å². The molecule has 0 saturated carbocycles. The van der Waals surface area contributed by atoms with Crippen molar-refractivity contribution in [2.45, 2.75) is 0 Å². The summed E-state index contributed by atoms with van der Waals surface area (Å²) in [6, 6.07) is 0. The zero-order chi connectivity index (χ0) is 19.0. The Morgan fingerprint density at radius 2 is 1.08 bits per heavy atom. The number of fused-ring (bicyclic) bond motifs is 4. The molecule has 7 unspecified atom stereocenters. The van der Waals surface area contributed by atoms with Crippen molar-refractivity contribution in [1.29, 1.82) is 0 Å². The van der Waals surface area contributed by atoms with Crippen LogP contribution in [0.1, 0.15) is 0 Å². The Balaban J connectivity index is 1.85. The lowest BCUT2D eigenvalue weighted by atomic mass is 12.1. The molecule has 0 aromatic carbocycles. The Hall–Kier alpha value is -1.04. The normalized spacial score (nSPS) is 58.3. The van der Waals surface area contributed by atoms with Gasteiger partial charge in [0.15, 0.2) is 20.2 Å². The molecule has 0 spiro atoms. The number of nitrogens with zero attached hydrogens (tertiary/aromatic N) is 8. The van der Waals surface area contributed by atoms with Crippen molar-refractivity contribution in [2.24, 2.45) is 35.1 Å². The van der Waals surface area contributed by atoms with Crippen LogP contribution >= 0.6 is 0 Å². The molecule has 26 nitrogen and oxygen atoms in total. The molecule has 150 valence electrons. The van der Waals surface area contributed by atoms with Gasteiger partial charge in [0.2, 0.25) is 15.3 Å². The number of rotatable bonds is 0. The molecule has 0 aliphatic carbocycles. The van der Waals surface area contributed by atoms with Gasteiger partial charge in [-0.25, -0.2) is 5.84 Å². The summed E-state index contributed by atoms with van der Waals surface area (Å²) < 4.78 is 0. The zero-order valence-corrected chi connectivity index (χ0v) is 12.0. The summed E-state index contributed by atoms with van der Waals surface area (Å²) in [5, 5.41) is -2.10. The first-order chi connectivity index (χ1) is 11.8. The minimum absolute atomic E-state index is 0.0785. The maximum atomic E-state index is 9.79. The summed E-state index contributed by atoms with van der Waals surface area (Å²) in [4.78, 5) is 51.5. The van der Waals surface area contributed by atoms with Crippen molar-refractivity contribution in [3.8, 4) is 0 Å². The van der Waals surface area contributed by atoms with Gasteiger partial charge in [-0.2, -0.15) is 0 Å². The minimum Gasteiger partial charge on any atom is -0.213 e. The fourth-order valence-electron chi connectivity index (χ4n) is 1.61. The van der Waals surface area contributed by atoms with Crippen LogP contribution in [0.4, 0.5) is 0 Å². The molecule has 4 aliphatic heterocycles. The number of hydrazine groups is 1. The molecule has 4 heterocycles. The Bertz CT molecular complexity index is 582. The van der Waals surface area contributed by atoms with Crippen LogP contribution in [0.5, 0.6) is 0 Å². The van der Waals surface area contributed by atoms with Crippen LogP contribution in [0, 0.1) is 0 Å². The summed E-state index contributed by atoms with van der Waals surface area (Å²) in [6.07, 6.45) is 0. The molecule has 0 amide bonds. The first-order valence-corrected chi connectivity index (χ1v) is 5.77. The average molecular weight is 401 g/mol. The second kappa shape index (κ2) is 5.27. The van der Waals surface area contributed by atoms with E-state index in [-0.39, 0.29) is 16.1 Å². The Morgan fingerprint density at radius 1 is 0.577 bits per heavy atom. The molecule has 6 bridgehead atoms. The van der Waals surface area contributed by atoms with Crippen molar-refractivity contribution in [2.75, 3.05) is 0 Å². The van der Waals surface area contributed by atoms with Gasteiger partial charge in [0.1, 0.15) is 0 Å². The summed E-state index contributed by atoms with van der Waals surface area (Å²) in [6.45, 7) is 0. The first kappa shape index (κ1) is 18.3. The van der Waals surface area contributed by atoms with E-state index in [4.69, 9.17) is 64.7 Å². The van der Waals surface area contributed by atoms with Crippen LogP contribution in [0.25, 0.3) is 0 Å². The fraction of sp³-hybridized carbons (Fsp3) is 0. The number of quaternary nitrogens is 5. The van der Waals surface area contributed by atoms with Crippen LogP contribution in [-0.4, -0.2) is 46.7 Å². The molecule has 26 heavy (non-hydrogen) atoms. The topological polar surface area (TPSA) is 288 Å². The Labute approximate surface area is 137 Å². The zero-order valence-electron chi connectivity index (χ0n) is 12.0. The van der Waals surface area contributed by atoms with Gasteiger partial charge < -0.3 is 0 Å². The molecular formula is H13N14O12+5. The van der Waals surface area contributed by atoms with Crippen molar-refractivity contribution in [3.63, 3.8) is 0 Å². The van der Waals surface area contributed by atoms with E-state index in [1.165, 1.54) is 0 Å². The number of hydrogen-bond donors (Lipinski definition) is 7. The van der Waals surface area contributed by atoms with Gasteiger partial charge in [-0.05, 0) is 0 Å². The molecule has 7 atom stereocenters. The third kappa shape index (κ3) is 3.41. The van der Waals surface area contributed by atoms with Crippen molar-refractivity contribution in [3.05, 3.63) is 0 Å². The molecule has 13 N–H and O–H groups in total. The summed E-state index contributed by atoms with van der Waals surface area (Å²) in [7, 11) is 0. The molecule has 4 rings (SSSR count). The van der Waals surface area contributed by atoms with Gasteiger partial charge in [0.05, 0.1) is 20.2 Å². The third-order valence-electron chi connectivity index (χ3n) is 2.16. The van der Waals surface area contributed by atoms with E-state index in [2.05, 4.69) is 24.7 Å². The maximum Gasteiger partial charge on any atom is 0.359 e. The molecular weight excluding hydrogens is 388 g/mol. The van der Waals surface area contributed by atoms with E-state index in [1.54, 1.807) is 0 Å². The second-order valence-electron chi connectivity index (χ2n) is 4.35. The molecule has 26 heteroatoms. The SMILES string of the molecule is NN1ON2ON3O[N+](N)(O)O[N+]4(N)O[N+](N)(O1)O[N+](N)(O2)O[N+](N)(O3)O4. The number of hydrogen-bond acceptors (Lipinski definition) is 21. The van der Waals surface area contributed by atoms with Crippen molar-refractivity contribution < 1.29 is 84.9 Å². The van der Waals surface area contributed by atoms with Gasteiger partial charge in [-0.15, -0.1) is 10.1 Å². The standard InChI is InChI=1S/H13N14O12/c1-7-16-8-17-9-19-10(2,15)22-14(6)25-11(3,18-7)23-12(4,20-8)24-13(5,21-9)26-14/h15H,1-6H2/q+5. The average Bonchev–Trinajstić information content (AvgIpc) is 2.26. The predicted octanol–water partition coefficient (Wildman–Crippen LogP) is -7.03. The smallest absolute Gasteiger partial charge is 0.213 e. The lowest BCUT2D eigenvalue weighted by Gasteiger charge is -2.37. The van der Waals surface area contributed by atoms with Gasteiger partial charge in [-0.3, -0.25) is 0 Å². The second-order valence-corrected chi connectivity index (χ2v) is 4.35. The highest BCUT2D eigenvalue weighted by molar-refractivity contribution is 3.77. The number of nitrogens with two attached hydrogens (primary N) is 6. The molecule has 4 saturated heterocycles. The van der Waals surface area contributed by atoms with E-state index in [9.17, 15) is 5.21 Å². The third-order valence-corrected chi connectivity index (χ3v) is 2.16. The summed E-state index contributed by atoms with van der Waals surface area (Å²) in [5.41, 5.74) is 0. The van der Waals surface area contributed by atoms with Crippen LogP contribution in [-0.2, 0) is 54.3 Å². The molecule has 4 aliphatic rings. The van der Waals surface area contributed by atoms with Crippen molar-refractivity contribution in [1.82, 2.24) is 16.1 Å². The quantitative estimate of drug-likeness (QED) is 0.146. The molecule has 0 aromatic heterocycles. The molecule has 0 radical (unpaired) electrons. The summed E-state index contributed by atoms with van der Waals surface area (Å²) >= 11 is 0. The minimum atomic E-state index is -2.49. The highest BCUT2D eigenvalue weighted by Crippen LogP contribution is 2.33. The highest BCUT2D eigenvalue weighted by atomic mass is 17.7. The molecule has 4 fully saturated rings. The van der Waals surface area contributed by atoms with Crippen LogP contribution in [0.15, 0.2) is 0 Å². The van der Waals surface area contributed by atoms with Gasteiger partial charge in [0, 0.05) is 4.94 Å². The van der Waals surface area contributed by atoms with E-state index >= 15 is 0 Å². The van der Waals surface area contributed by atoms with Crippen LogP contribution < -0.4 is 35.1 Å². The monoisotopic (exact) mass is 401 g/mol. The van der Waals surface area contributed by atoms with Crippen LogP contribution in [0.2, 0.25) is 0 Å². The lowest BCUT2D eigenvalue weighted by molar-refractivity contribution is -1.81. The van der Waals surface area contributed by atoms with Gasteiger partial charge >= 0.3 is 20.3 Å². The Morgan fingerprint density at radius 3 is 1.69 bits per heavy atom. The van der Waals surface area contributed by atoms with E-state index in [0.29, 0.717) is 0 Å². The highest BCUT2D eigenvalue weighted by Gasteiger charge is 2.79. The predicted molar refractivity (Wildman–Crippen MR) is 45.7 cm³/mol. The summed E-state index contributed by atoms with van der Waals surface area (Å²) in [5.74, 6) is 32.6. The fourth-order valence-corrected chi connectivity index (χ4v) is 1.61.